The SMILES string of the molecule is COc1ccc(COc2nc(Cl)nc3c2c(Br)cn3C(=O)O)cc1. The van der Waals surface area contributed by atoms with E-state index in [1.807, 2.05) is 24.3 Å². The number of nitrogens with zero attached hydrogens (tertiary/aromatic N) is 3. The topological polar surface area (TPSA) is 86.5 Å². The van der Waals surface area contributed by atoms with Crippen molar-refractivity contribution in [2.45, 2.75) is 6.61 Å². The molecule has 2 heterocycles. The first-order valence-corrected chi connectivity index (χ1v) is 7.90. The first kappa shape index (κ1) is 16.5. The van der Waals surface area contributed by atoms with Gasteiger partial charge in [-0.3, -0.25) is 0 Å². The molecule has 1 aromatic carbocycles. The maximum atomic E-state index is 11.3. The van der Waals surface area contributed by atoms with E-state index in [0.29, 0.717) is 9.86 Å². The normalized spacial score (nSPS) is 10.8. The summed E-state index contributed by atoms with van der Waals surface area (Å²) in [5.74, 6) is 0.945. The lowest BCUT2D eigenvalue weighted by atomic mass is 10.2. The molecule has 1 N–H and O–H groups in total. The van der Waals surface area contributed by atoms with Crippen molar-refractivity contribution < 1.29 is 19.4 Å². The van der Waals surface area contributed by atoms with Crippen LogP contribution in [0.4, 0.5) is 4.79 Å². The highest BCUT2D eigenvalue weighted by atomic mass is 79.9. The molecule has 3 aromatic rings. The van der Waals surface area contributed by atoms with Crippen LogP contribution in [0.15, 0.2) is 34.9 Å². The van der Waals surface area contributed by atoms with Gasteiger partial charge in [0.05, 0.1) is 17.0 Å². The predicted octanol–water partition coefficient (Wildman–Crippen LogP) is 3.96. The van der Waals surface area contributed by atoms with Gasteiger partial charge in [0.25, 0.3) is 0 Å². The molecule has 0 aliphatic heterocycles. The number of benzene rings is 1. The van der Waals surface area contributed by atoms with Crippen LogP contribution in [0.3, 0.4) is 0 Å². The van der Waals surface area contributed by atoms with Crippen LogP contribution in [0.5, 0.6) is 11.6 Å². The summed E-state index contributed by atoms with van der Waals surface area (Å²) >= 11 is 9.19. The number of hydrogen-bond acceptors (Lipinski definition) is 5. The smallest absolute Gasteiger partial charge is 0.417 e. The number of rotatable bonds is 4. The standard InChI is InChI=1S/C15H11BrClN3O4/c1-23-9-4-2-8(3-5-9)7-24-13-11-10(16)6-20(15(21)22)12(11)18-14(17)19-13/h2-6H,7H2,1H3,(H,21,22). The van der Waals surface area contributed by atoms with Crippen LogP contribution in [0.1, 0.15) is 5.56 Å². The van der Waals surface area contributed by atoms with E-state index in [9.17, 15) is 9.90 Å². The number of halogens is 2. The average molecular weight is 413 g/mol. The van der Waals surface area contributed by atoms with Crippen LogP contribution >= 0.6 is 27.5 Å². The Labute approximate surface area is 149 Å². The summed E-state index contributed by atoms with van der Waals surface area (Å²) < 4.78 is 12.3. The lowest BCUT2D eigenvalue weighted by molar-refractivity contribution is 0.197. The van der Waals surface area contributed by atoms with Crippen LogP contribution in [-0.4, -0.2) is 32.8 Å². The highest BCUT2D eigenvalue weighted by Gasteiger charge is 2.19. The van der Waals surface area contributed by atoms with Gasteiger partial charge >= 0.3 is 6.09 Å². The van der Waals surface area contributed by atoms with Crippen LogP contribution < -0.4 is 9.47 Å². The van der Waals surface area contributed by atoms with E-state index >= 15 is 0 Å². The molecular formula is C15H11BrClN3O4. The zero-order valence-electron chi connectivity index (χ0n) is 12.4. The van der Waals surface area contributed by atoms with Gasteiger partial charge in [0.2, 0.25) is 11.2 Å². The number of carboxylic acid groups (broad SMARTS) is 1. The Bertz CT molecular complexity index is 911. The molecule has 124 valence electrons. The van der Waals surface area contributed by atoms with Crippen molar-refractivity contribution in [1.29, 1.82) is 0 Å². The predicted molar refractivity (Wildman–Crippen MR) is 91.0 cm³/mol. The Morgan fingerprint density at radius 3 is 2.67 bits per heavy atom. The van der Waals surface area contributed by atoms with Crippen LogP contribution in [-0.2, 0) is 6.61 Å². The molecule has 0 amide bonds. The molecule has 0 bridgehead atoms. The van der Waals surface area contributed by atoms with Gasteiger partial charge in [0.15, 0.2) is 5.65 Å². The molecule has 24 heavy (non-hydrogen) atoms. The van der Waals surface area contributed by atoms with Gasteiger partial charge < -0.3 is 14.6 Å². The van der Waals surface area contributed by atoms with Gasteiger partial charge in [0, 0.05) is 6.20 Å². The largest absolute Gasteiger partial charge is 0.497 e. The Morgan fingerprint density at radius 2 is 2.04 bits per heavy atom. The summed E-state index contributed by atoms with van der Waals surface area (Å²) in [5, 5.41) is 9.56. The molecule has 0 unspecified atom stereocenters. The highest BCUT2D eigenvalue weighted by Crippen LogP contribution is 2.33. The fourth-order valence-electron chi connectivity index (χ4n) is 2.15. The van der Waals surface area contributed by atoms with Gasteiger partial charge in [-0.25, -0.2) is 9.36 Å². The summed E-state index contributed by atoms with van der Waals surface area (Å²) in [6, 6.07) is 7.35. The first-order valence-electron chi connectivity index (χ1n) is 6.72. The molecule has 0 saturated carbocycles. The second-order valence-electron chi connectivity index (χ2n) is 4.76. The summed E-state index contributed by atoms with van der Waals surface area (Å²) in [5.41, 5.74) is 1.05. The third-order valence-corrected chi connectivity index (χ3v) is 4.05. The Balaban J connectivity index is 1.95. The van der Waals surface area contributed by atoms with Crippen molar-refractivity contribution in [2.75, 3.05) is 7.11 Å². The molecule has 0 fully saturated rings. The minimum absolute atomic E-state index is 0.0969. The van der Waals surface area contributed by atoms with E-state index in [2.05, 4.69) is 25.9 Å². The molecule has 0 aliphatic rings. The van der Waals surface area contributed by atoms with Crippen molar-refractivity contribution in [3.05, 3.63) is 45.8 Å². The van der Waals surface area contributed by atoms with E-state index < -0.39 is 6.09 Å². The summed E-state index contributed by atoms with van der Waals surface area (Å²) in [6.45, 7) is 0.233. The first-order chi connectivity index (χ1) is 11.5. The zero-order chi connectivity index (χ0) is 17.3. The van der Waals surface area contributed by atoms with Gasteiger partial charge in [-0.1, -0.05) is 12.1 Å². The Kier molecular flexibility index (Phi) is 4.59. The lowest BCUT2D eigenvalue weighted by Crippen LogP contribution is -2.07. The second-order valence-corrected chi connectivity index (χ2v) is 5.96. The summed E-state index contributed by atoms with van der Waals surface area (Å²) in [7, 11) is 1.59. The molecule has 0 atom stereocenters. The van der Waals surface area contributed by atoms with E-state index in [1.165, 1.54) is 6.20 Å². The minimum atomic E-state index is -1.18. The third kappa shape index (κ3) is 3.15. The van der Waals surface area contributed by atoms with Crippen molar-refractivity contribution in [3.63, 3.8) is 0 Å². The van der Waals surface area contributed by atoms with Gasteiger partial charge in [-0.05, 0) is 45.2 Å². The van der Waals surface area contributed by atoms with E-state index in [4.69, 9.17) is 21.1 Å². The fourth-order valence-corrected chi connectivity index (χ4v) is 2.86. The summed E-state index contributed by atoms with van der Waals surface area (Å²) in [4.78, 5) is 19.3. The molecule has 0 aliphatic carbocycles. The van der Waals surface area contributed by atoms with Gasteiger partial charge in [-0.2, -0.15) is 9.97 Å². The Hall–Kier alpha value is -2.32. The molecule has 7 nitrogen and oxygen atoms in total. The number of methoxy groups -OCH3 is 1. The number of ether oxygens (including phenoxy) is 2. The molecular weight excluding hydrogens is 402 g/mol. The number of carbonyl (C=O) groups is 1. The zero-order valence-corrected chi connectivity index (χ0v) is 14.7. The maximum Gasteiger partial charge on any atom is 0.417 e. The van der Waals surface area contributed by atoms with Crippen LogP contribution in [0, 0.1) is 0 Å². The monoisotopic (exact) mass is 411 g/mol. The fraction of sp³-hybridized carbons (Fsp3) is 0.133. The number of fused-ring (bicyclic) bond motifs is 1. The van der Waals surface area contributed by atoms with Gasteiger partial charge in [0.1, 0.15) is 12.4 Å². The van der Waals surface area contributed by atoms with E-state index in [-0.39, 0.29) is 23.4 Å². The summed E-state index contributed by atoms with van der Waals surface area (Å²) in [6.07, 6.45) is 0.194. The molecule has 0 spiro atoms. The molecule has 0 radical (unpaired) electrons. The van der Waals surface area contributed by atoms with Crippen molar-refractivity contribution in [1.82, 2.24) is 14.5 Å². The minimum Gasteiger partial charge on any atom is -0.497 e. The third-order valence-electron chi connectivity index (χ3n) is 3.28. The lowest BCUT2D eigenvalue weighted by Gasteiger charge is -2.08. The maximum absolute atomic E-state index is 11.3. The van der Waals surface area contributed by atoms with E-state index in [0.717, 1.165) is 15.9 Å². The number of aromatic nitrogens is 3. The van der Waals surface area contributed by atoms with Crippen LogP contribution in [0.25, 0.3) is 11.0 Å². The molecule has 9 heteroatoms. The van der Waals surface area contributed by atoms with Crippen molar-refractivity contribution in [2.24, 2.45) is 0 Å². The van der Waals surface area contributed by atoms with Gasteiger partial charge in [-0.15, -0.1) is 0 Å². The van der Waals surface area contributed by atoms with E-state index in [1.54, 1.807) is 7.11 Å². The van der Waals surface area contributed by atoms with Crippen molar-refractivity contribution in [3.8, 4) is 11.6 Å². The number of hydrogen-bond donors (Lipinski definition) is 1. The van der Waals surface area contributed by atoms with Crippen LogP contribution in [0.2, 0.25) is 5.28 Å². The quantitative estimate of drug-likeness (QED) is 0.653. The van der Waals surface area contributed by atoms with Crippen molar-refractivity contribution >= 4 is 44.7 Å². The Morgan fingerprint density at radius 1 is 1.33 bits per heavy atom. The second kappa shape index (κ2) is 6.66. The molecule has 2 aromatic heterocycles. The molecule has 0 saturated heterocycles. The average Bonchev–Trinajstić information content (AvgIpc) is 2.90. The highest BCUT2D eigenvalue weighted by molar-refractivity contribution is 9.10. The molecule has 3 rings (SSSR count).